The third-order valence-corrected chi connectivity index (χ3v) is 3.66. The van der Waals surface area contributed by atoms with Crippen LogP contribution in [0.1, 0.15) is 21.5 Å². The Labute approximate surface area is 150 Å². The van der Waals surface area contributed by atoms with Crippen LogP contribution in [0.5, 0.6) is 5.75 Å². The summed E-state index contributed by atoms with van der Waals surface area (Å²) in [4.78, 5) is 12.3. The highest BCUT2D eigenvalue weighted by atomic mass is 35.5. The third kappa shape index (κ3) is 3.70. The van der Waals surface area contributed by atoms with E-state index >= 15 is 0 Å². The lowest BCUT2D eigenvalue weighted by molar-refractivity contribution is -0.137. The van der Waals surface area contributed by atoms with Crippen LogP contribution in [0, 0.1) is 16.7 Å². The predicted molar refractivity (Wildman–Crippen MR) is 87.7 cm³/mol. The Morgan fingerprint density at radius 2 is 1.96 bits per heavy atom. The van der Waals surface area contributed by atoms with Crippen LogP contribution in [0.4, 0.5) is 13.2 Å². The number of rotatable bonds is 2. The van der Waals surface area contributed by atoms with E-state index in [9.17, 15) is 28.3 Å². The van der Waals surface area contributed by atoms with Crippen LogP contribution in [0.25, 0.3) is 11.1 Å². The first-order chi connectivity index (χ1) is 12.1. The van der Waals surface area contributed by atoms with Gasteiger partial charge < -0.3 is 10.8 Å². The van der Waals surface area contributed by atoms with Crippen molar-refractivity contribution >= 4 is 23.5 Å². The molecule has 0 spiro atoms. The molecule has 0 aliphatic rings. The minimum absolute atomic E-state index is 0.0687. The van der Waals surface area contributed by atoms with E-state index in [1.807, 2.05) is 5.32 Å². The highest BCUT2D eigenvalue weighted by Gasteiger charge is 2.32. The van der Waals surface area contributed by atoms with Crippen LogP contribution in [-0.4, -0.2) is 17.0 Å². The summed E-state index contributed by atoms with van der Waals surface area (Å²) in [6.45, 7) is 0. The van der Waals surface area contributed by atoms with Gasteiger partial charge in [-0.3, -0.25) is 15.5 Å². The Hall–Kier alpha value is -3.25. The summed E-state index contributed by atoms with van der Waals surface area (Å²) in [7, 11) is 0. The zero-order valence-corrected chi connectivity index (χ0v) is 13.5. The number of halogens is 4. The lowest BCUT2D eigenvalue weighted by Gasteiger charge is -2.15. The SMILES string of the molecule is N#Cc1ccc(O)c(C(=O)NC(=N)N)c1-c1ccc(C(F)(F)F)cc1Cl. The Kier molecular flexibility index (Phi) is 5.09. The normalized spacial score (nSPS) is 10.9. The Morgan fingerprint density at radius 3 is 2.46 bits per heavy atom. The van der Waals surface area contributed by atoms with Gasteiger partial charge in [0, 0.05) is 16.1 Å². The number of nitrogens with two attached hydrogens (primary N) is 1. The molecule has 0 atom stereocenters. The molecule has 0 saturated carbocycles. The number of benzene rings is 2. The molecule has 0 aliphatic heterocycles. The largest absolute Gasteiger partial charge is 0.507 e. The van der Waals surface area contributed by atoms with Crippen molar-refractivity contribution in [3.8, 4) is 22.9 Å². The van der Waals surface area contributed by atoms with Crippen molar-refractivity contribution in [1.82, 2.24) is 5.32 Å². The van der Waals surface area contributed by atoms with E-state index in [-0.39, 0.29) is 21.7 Å². The highest BCUT2D eigenvalue weighted by Crippen LogP contribution is 2.40. The predicted octanol–water partition coefficient (Wildman–Crippen LogP) is 3.23. The summed E-state index contributed by atoms with van der Waals surface area (Å²) in [6.07, 6.45) is -4.63. The average Bonchev–Trinajstić information content (AvgIpc) is 2.52. The fourth-order valence-corrected chi connectivity index (χ4v) is 2.55. The fourth-order valence-electron chi connectivity index (χ4n) is 2.27. The van der Waals surface area contributed by atoms with Crippen LogP contribution in [0.15, 0.2) is 30.3 Å². The second-order valence-corrected chi connectivity index (χ2v) is 5.46. The van der Waals surface area contributed by atoms with Crippen molar-refractivity contribution in [2.45, 2.75) is 6.18 Å². The van der Waals surface area contributed by atoms with Gasteiger partial charge in [-0.1, -0.05) is 17.7 Å². The fraction of sp³-hybridized carbons (Fsp3) is 0.0625. The van der Waals surface area contributed by atoms with Crippen molar-refractivity contribution < 1.29 is 23.1 Å². The number of alkyl halides is 3. The van der Waals surface area contributed by atoms with Gasteiger partial charge in [0.25, 0.3) is 5.91 Å². The molecule has 0 heterocycles. The lowest BCUT2D eigenvalue weighted by Crippen LogP contribution is -2.36. The number of carbonyl (C=O) groups excluding carboxylic acids is 1. The van der Waals surface area contributed by atoms with E-state index < -0.39 is 34.9 Å². The first-order valence-corrected chi connectivity index (χ1v) is 7.22. The standard InChI is InChI=1S/C16H10ClF3N4O2/c17-10-5-8(16(18,19)20)2-3-9(10)12-7(6-21)1-4-11(25)13(12)14(26)24-15(22)23/h1-5,25H,(H4,22,23,24,26). The minimum Gasteiger partial charge on any atom is -0.507 e. The van der Waals surface area contributed by atoms with Crippen LogP contribution < -0.4 is 11.1 Å². The molecule has 0 aliphatic carbocycles. The Balaban J connectivity index is 2.77. The molecule has 2 rings (SSSR count). The number of nitrogens with zero attached hydrogens (tertiary/aromatic N) is 1. The number of carbonyl (C=O) groups is 1. The quantitative estimate of drug-likeness (QED) is 0.470. The molecule has 6 nitrogen and oxygen atoms in total. The average molecular weight is 383 g/mol. The van der Waals surface area contributed by atoms with Gasteiger partial charge in [0.15, 0.2) is 5.96 Å². The van der Waals surface area contributed by atoms with Crippen molar-refractivity contribution in [2.24, 2.45) is 5.73 Å². The van der Waals surface area contributed by atoms with Gasteiger partial charge in [0.2, 0.25) is 0 Å². The van der Waals surface area contributed by atoms with Crippen LogP contribution in [0.2, 0.25) is 5.02 Å². The topological polar surface area (TPSA) is 123 Å². The first kappa shape index (κ1) is 19.1. The number of amides is 1. The molecule has 0 aromatic heterocycles. The van der Waals surface area contributed by atoms with E-state index in [1.165, 1.54) is 6.07 Å². The lowest BCUT2D eigenvalue weighted by atomic mass is 9.92. The summed E-state index contributed by atoms with van der Waals surface area (Å²) >= 11 is 5.94. The molecule has 26 heavy (non-hydrogen) atoms. The summed E-state index contributed by atoms with van der Waals surface area (Å²) < 4.78 is 38.4. The van der Waals surface area contributed by atoms with Crippen LogP contribution in [0.3, 0.4) is 0 Å². The molecule has 134 valence electrons. The molecular formula is C16H10ClF3N4O2. The molecule has 0 unspecified atom stereocenters. The smallest absolute Gasteiger partial charge is 0.416 e. The van der Waals surface area contributed by atoms with Crippen molar-refractivity contribution in [1.29, 1.82) is 10.7 Å². The third-order valence-electron chi connectivity index (χ3n) is 3.34. The summed E-state index contributed by atoms with van der Waals surface area (Å²) in [6, 6.07) is 6.41. The van der Waals surface area contributed by atoms with Gasteiger partial charge in [-0.2, -0.15) is 18.4 Å². The number of hydrogen-bond acceptors (Lipinski definition) is 4. The molecule has 0 fully saturated rings. The summed E-state index contributed by atoms with van der Waals surface area (Å²) in [5.74, 6) is -2.30. The molecular weight excluding hydrogens is 373 g/mol. The number of nitriles is 1. The molecule has 0 bridgehead atoms. The number of nitrogens with one attached hydrogen (secondary N) is 2. The number of phenols is 1. The van der Waals surface area contributed by atoms with E-state index in [4.69, 9.17) is 22.7 Å². The first-order valence-electron chi connectivity index (χ1n) is 6.84. The second-order valence-electron chi connectivity index (χ2n) is 5.05. The van der Waals surface area contributed by atoms with Crippen LogP contribution in [-0.2, 0) is 6.18 Å². The minimum atomic E-state index is -4.63. The van der Waals surface area contributed by atoms with Gasteiger partial charge in [0.1, 0.15) is 5.75 Å². The van der Waals surface area contributed by atoms with Gasteiger partial charge in [-0.25, -0.2) is 0 Å². The van der Waals surface area contributed by atoms with Gasteiger partial charge in [-0.15, -0.1) is 0 Å². The van der Waals surface area contributed by atoms with Crippen molar-refractivity contribution in [2.75, 3.05) is 0 Å². The van der Waals surface area contributed by atoms with Crippen molar-refractivity contribution in [3.63, 3.8) is 0 Å². The van der Waals surface area contributed by atoms with E-state index in [2.05, 4.69) is 0 Å². The summed E-state index contributed by atoms with van der Waals surface area (Å²) in [5.41, 5.74) is 3.28. The van der Waals surface area contributed by atoms with Gasteiger partial charge >= 0.3 is 6.18 Å². The van der Waals surface area contributed by atoms with Gasteiger partial charge in [0.05, 0.1) is 22.8 Å². The molecule has 5 N–H and O–H groups in total. The Morgan fingerprint density at radius 1 is 1.31 bits per heavy atom. The van der Waals surface area contributed by atoms with Crippen molar-refractivity contribution in [3.05, 3.63) is 52.0 Å². The van der Waals surface area contributed by atoms with Gasteiger partial charge in [-0.05, 0) is 24.3 Å². The second kappa shape index (κ2) is 6.93. The highest BCUT2D eigenvalue weighted by molar-refractivity contribution is 6.34. The zero-order valence-electron chi connectivity index (χ0n) is 12.8. The van der Waals surface area contributed by atoms with Crippen LogP contribution >= 0.6 is 11.6 Å². The maximum absolute atomic E-state index is 12.8. The Bertz CT molecular complexity index is 952. The number of guanidine groups is 1. The molecule has 1 amide bonds. The zero-order chi connectivity index (χ0) is 19.6. The number of phenolic OH excluding ortho intramolecular Hbond substituents is 1. The molecule has 0 radical (unpaired) electrons. The van der Waals surface area contributed by atoms with E-state index in [0.29, 0.717) is 6.07 Å². The van der Waals surface area contributed by atoms with E-state index in [1.54, 1.807) is 6.07 Å². The maximum atomic E-state index is 12.8. The number of aromatic hydroxyl groups is 1. The maximum Gasteiger partial charge on any atom is 0.416 e. The molecule has 2 aromatic rings. The molecule has 0 saturated heterocycles. The van der Waals surface area contributed by atoms with E-state index in [0.717, 1.165) is 18.2 Å². The molecule has 2 aromatic carbocycles. The summed E-state index contributed by atoms with van der Waals surface area (Å²) in [5, 5.41) is 28.0. The number of hydrogen-bond donors (Lipinski definition) is 4. The molecule has 10 heteroatoms. The monoisotopic (exact) mass is 382 g/mol.